The van der Waals surface area contributed by atoms with Gasteiger partial charge in [0.1, 0.15) is 0 Å². The molecule has 218 valence electrons. The van der Waals surface area contributed by atoms with Crippen molar-refractivity contribution < 1.29 is 19.4 Å². The first-order chi connectivity index (χ1) is 19.7. The van der Waals surface area contributed by atoms with Crippen molar-refractivity contribution in [3.63, 3.8) is 0 Å². The van der Waals surface area contributed by atoms with Gasteiger partial charge in [-0.1, -0.05) is 78.1 Å². The standard InChI is InChI=1S/C29H32Cl3N5O4/c1-19-24(17-36-13-15-37(16-14-36)28-33-11-2-12-34-28)40-26(41-25(19)21-5-3-20(18-38)4-6-21)22-7-9-23(10-8-22)35-27(39)29(30,31)32/h2-12,19,24-26,38H,13-18H2,1H3,(H,35,39). The van der Waals surface area contributed by atoms with Crippen LogP contribution in [0.15, 0.2) is 67.0 Å². The minimum atomic E-state index is -2.06. The second kappa shape index (κ2) is 13.2. The van der Waals surface area contributed by atoms with Gasteiger partial charge in [0.25, 0.3) is 9.70 Å². The molecule has 1 amide bonds. The van der Waals surface area contributed by atoms with Crippen molar-refractivity contribution in [3.05, 3.63) is 83.7 Å². The second-order valence-corrected chi connectivity index (χ2v) is 12.5. The molecule has 3 heterocycles. The molecule has 0 spiro atoms. The molecule has 0 bridgehead atoms. The van der Waals surface area contributed by atoms with Crippen molar-refractivity contribution in [3.8, 4) is 0 Å². The number of carbonyl (C=O) groups excluding carboxylic acids is 1. The van der Waals surface area contributed by atoms with Crippen LogP contribution in [0.25, 0.3) is 0 Å². The third-order valence-electron chi connectivity index (χ3n) is 7.47. The average molecular weight is 621 g/mol. The Bertz CT molecular complexity index is 1290. The van der Waals surface area contributed by atoms with E-state index in [9.17, 15) is 9.90 Å². The number of nitrogens with zero attached hydrogens (tertiary/aromatic N) is 4. The first-order valence-electron chi connectivity index (χ1n) is 13.4. The van der Waals surface area contributed by atoms with E-state index < -0.39 is 16.0 Å². The molecule has 0 saturated carbocycles. The van der Waals surface area contributed by atoms with E-state index in [-0.39, 0.29) is 24.7 Å². The van der Waals surface area contributed by atoms with Crippen LogP contribution in [-0.2, 0) is 20.9 Å². The fraction of sp³-hybridized carbons (Fsp3) is 0.414. The molecule has 2 N–H and O–H groups in total. The molecule has 0 aliphatic carbocycles. The highest BCUT2D eigenvalue weighted by Gasteiger charge is 2.39. The van der Waals surface area contributed by atoms with Crippen molar-refractivity contribution in [1.29, 1.82) is 0 Å². The van der Waals surface area contributed by atoms with Gasteiger partial charge in [-0.15, -0.1) is 0 Å². The summed E-state index contributed by atoms with van der Waals surface area (Å²) in [7, 11) is 0. The summed E-state index contributed by atoms with van der Waals surface area (Å²) in [5.74, 6) is 0.0759. The monoisotopic (exact) mass is 619 g/mol. The van der Waals surface area contributed by atoms with E-state index in [4.69, 9.17) is 44.3 Å². The van der Waals surface area contributed by atoms with Crippen LogP contribution in [0.4, 0.5) is 11.6 Å². The number of amides is 1. The number of aliphatic hydroxyl groups is 1. The zero-order valence-corrected chi connectivity index (χ0v) is 24.8. The molecule has 2 aromatic carbocycles. The number of aliphatic hydroxyl groups excluding tert-OH is 1. The van der Waals surface area contributed by atoms with Crippen molar-refractivity contribution >= 4 is 52.3 Å². The number of rotatable bonds is 7. The highest BCUT2D eigenvalue weighted by Crippen LogP contribution is 2.42. The van der Waals surface area contributed by atoms with Crippen LogP contribution in [0, 0.1) is 5.92 Å². The number of aromatic nitrogens is 2. The molecule has 12 heteroatoms. The SMILES string of the molecule is CC1C(CN2CCN(c3ncccn3)CC2)OC(c2ccc(NC(=O)C(Cl)(Cl)Cl)cc2)OC1c1ccc(CO)cc1. The van der Waals surface area contributed by atoms with Crippen LogP contribution in [0.3, 0.4) is 0 Å². The van der Waals surface area contributed by atoms with Gasteiger partial charge in [0.05, 0.1) is 18.8 Å². The van der Waals surface area contributed by atoms with Crippen LogP contribution in [0.5, 0.6) is 0 Å². The van der Waals surface area contributed by atoms with E-state index in [1.807, 2.05) is 42.5 Å². The number of hydrogen-bond acceptors (Lipinski definition) is 8. The van der Waals surface area contributed by atoms with Crippen LogP contribution in [0.2, 0.25) is 0 Å². The Labute approximate surface area is 254 Å². The number of piperazine rings is 1. The minimum Gasteiger partial charge on any atom is -0.392 e. The maximum atomic E-state index is 12.0. The molecule has 1 aromatic heterocycles. The maximum absolute atomic E-state index is 12.0. The fourth-order valence-electron chi connectivity index (χ4n) is 5.09. The largest absolute Gasteiger partial charge is 0.392 e. The Morgan fingerprint density at radius 1 is 0.976 bits per heavy atom. The maximum Gasteiger partial charge on any atom is 0.276 e. The lowest BCUT2D eigenvalue weighted by Gasteiger charge is -2.44. The molecular weight excluding hydrogens is 589 g/mol. The van der Waals surface area contributed by atoms with Crippen LogP contribution in [-0.4, -0.2) is 68.5 Å². The number of hydrogen-bond donors (Lipinski definition) is 2. The molecule has 41 heavy (non-hydrogen) atoms. The average Bonchev–Trinajstić information content (AvgIpc) is 2.99. The summed E-state index contributed by atoms with van der Waals surface area (Å²) in [6.07, 6.45) is 2.56. The number of alkyl halides is 3. The van der Waals surface area contributed by atoms with Crippen LogP contribution < -0.4 is 10.2 Å². The van der Waals surface area contributed by atoms with Gasteiger partial charge in [-0.2, -0.15) is 0 Å². The van der Waals surface area contributed by atoms with E-state index in [1.54, 1.807) is 24.5 Å². The van der Waals surface area contributed by atoms with Gasteiger partial charge in [0.15, 0.2) is 6.29 Å². The van der Waals surface area contributed by atoms with Gasteiger partial charge in [-0.05, 0) is 29.3 Å². The first kappa shape index (κ1) is 30.0. The van der Waals surface area contributed by atoms with Crippen molar-refractivity contribution in [1.82, 2.24) is 14.9 Å². The van der Waals surface area contributed by atoms with Gasteiger partial charge in [0.2, 0.25) is 5.95 Å². The minimum absolute atomic E-state index is 0.0170. The van der Waals surface area contributed by atoms with E-state index in [2.05, 4.69) is 32.0 Å². The van der Waals surface area contributed by atoms with Gasteiger partial charge in [-0.25, -0.2) is 9.97 Å². The topological polar surface area (TPSA) is 100 Å². The van der Waals surface area contributed by atoms with Gasteiger partial charge in [0, 0.05) is 62.3 Å². The molecule has 5 rings (SSSR count). The molecule has 2 aliphatic rings. The van der Waals surface area contributed by atoms with E-state index >= 15 is 0 Å². The van der Waals surface area contributed by atoms with Gasteiger partial charge in [-0.3, -0.25) is 9.69 Å². The highest BCUT2D eigenvalue weighted by atomic mass is 35.6. The third-order valence-corrected chi connectivity index (χ3v) is 7.98. The lowest BCUT2D eigenvalue weighted by atomic mass is 9.90. The molecule has 3 aromatic rings. The molecular formula is C29H32Cl3N5O4. The molecule has 2 saturated heterocycles. The molecule has 4 unspecified atom stereocenters. The summed E-state index contributed by atoms with van der Waals surface area (Å²) in [5, 5.41) is 12.1. The molecule has 2 fully saturated rings. The number of halogens is 3. The van der Waals surface area contributed by atoms with Crippen LogP contribution in [0.1, 0.15) is 36.0 Å². The number of carbonyl (C=O) groups is 1. The lowest BCUT2D eigenvalue weighted by Crippen LogP contribution is -2.51. The van der Waals surface area contributed by atoms with Gasteiger partial charge >= 0.3 is 0 Å². The predicted molar refractivity (Wildman–Crippen MR) is 159 cm³/mol. The Hall–Kier alpha value is -2.50. The summed E-state index contributed by atoms with van der Waals surface area (Å²) in [4.78, 5) is 25.4. The Kier molecular flexibility index (Phi) is 9.66. The number of anilines is 2. The molecule has 0 radical (unpaired) electrons. The Morgan fingerprint density at radius 2 is 1.61 bits per heavy atom. The highest BCUT2D eigenvalue weighted by molar-refractivity contribution is 6.76. The zero-order chi connectivity index (χ0) is 29.0. The summed E-state index contributed by atoms with van der Waals surface area (Å²) >= 11 is 17.0. The zero-order valence-electron chi connectivity index (χ0n) is 22.5. The normalized spacial score (nSPS) is 23.8. The summed E-state index contributed by atoms with van der Waals surface area (Å²) in [6, 6.07) is 16.8. The second-order valence-electron chi connectivity index (χ2n) is 10.2. The fourth-order valence-corrected chi connectivity index (χ4v) is 5.23. The Morgan fingerprint density at radius 3 is 2.22 bits per heavy atom. The number of ether oxygens (including phenoxy) is 2. The molecule has 9 nitrogen and oxygen atoms in total. The van der Waals surface area contributed by atoms with Gasteiger partial charge < -0.3 is 24.8 Å². The summed E-state index contributed by atoms with van der Waals surface area (Å²) < 4.78 is 11.1. The Balaban J connectivity index is 1.31. The van der Waals surface area contributed by atoms with Crippen molar-refractivity contribution in [2.24, 2.45) is 5.92 Å². The summed E-state index contributed by atoms with van der Waals surface area (Å²) in [6.45, 7) is 6.27. The van der Waals surface area contributed by atoms with Crippen molar-refractivity contribution in [2.75, 3.05) is 42.9 Å². The third kappa shape index (κ3) is 7.48. The molecule has 4 atom stereocenters. The summed E-state index contributed by atoms with van der Waals surface area (Å²) in [5.41, 5.74) is 3.15. The first-order valence-corrected chi connectivity index (χ1v) is 14.6. The smallest absolute Gasteiger partial charge is 0.276 e. The quantitative estimate of drug-likeness (QED) is 0.360. The van der Waals surface area contributed by atoms with E-state index in [1.165, 1.54) is 0 Å². The lowest BCUT2D eigenvalue weighted by molar-refractivity contribution is -0.276. The molecule has 2 aliphatic heterocycles. The van der Waals surface area contributed by atoms with E-state index in [0.29, 0.717) is 5.69 Å². The van der Waals surface area contributed by atoms with Crippen LogP contribution >= 0.6 is 34.8 Å². The number of benzene rings is 2. The van der Waals surface area contributed by atoms with Crippen molar-refractivity contribution in [2.45, 2.75) is 35.8 Å². The van der Waals surface area contributed by atoms with E-state index in [0.717, 1.165) is 55.4 Å². The number of nitrogens with one attached hydrogen (secondary N) is 1. The predicted octanol–water partition coefficient (Wildman–Crippen LogP) is 4.89.